The van der Waals surface area contributed by atoms with Gasteiger partial charge in [0.1, 0.15) is 11.3 Å². The highest BCUT2D eigenvalue weighted by molar-refractivity contribution is 5.84. The SMILES string of the molecule is Oc1ccc(C2=CCN(c3nc(C(F)(F)F)nc4nc[nH]c34)CC2)cc1. The maximum absolute atomic E-state index is 13.1. The molecular formula is C17H14F3N5O. The largest absolute Gasteiger partial charge is 0.508 e. The second kappa shape index (κ2) is 6.01. The maximum atomic E-state index is 13.1. The van der Waals surface area contributed by atoms with Crippen molar-refractivity contribution in [1.29, 1.82) is 0 Å². The van der Waals surface area contributed by atoms with Crippen LogP contribution < -0.4 is 4.90 Å². The minimum Gasteiger partial charge on any atom is -0.508 e. The summed E-state index contributed by atoms with van der Waals surface area (Å²) >= 11 is 0. The number of imidazole rings is 1. The molecule has 0 amide bonds. The number of benzene rings is 1. The first-order chi connectivity index (χ1) is 12.4. The average Bonchev–Trinajstić information content (AvgIpc) is 3.10. The first-order valence-corrected chi connectivity index (χ1v) is 7.93. The normalized spacial score (nSPS) is 15.3. The third-order valence-electron chi connectivity index (χ3n) is 4.27. The number of aromatic nitrogens is 4. The van der Waals surface area contributed by atoms with Crippen LogP contribution in [0, 0.1) is 0 Å². The Hall–Kier alpha value is -3.10. The van der Waals surface area contributed by atoms with Crippen LogP contribution in [-0.2, 0) is 6.18 Å². The van der Waals surface area contributed by atoms with Gasteiger partial charge in [-0.15, -0.1) is 0 Å². The predicted octanol–water partition coefficient (Wildman–Crippen LogP) is 3.37. The van der Waals surface area contributed by atoms with E-state index >= 15 is 0 Å². The number of H-pyrrole nitrogens is 1. The number of halogens is 3. The Morgan fingerprint density at radius 3 is 2.54 bits per heavy atom. The Balaban J connectivity index is 1.67. The Morgan fingerprint density at radius 2 is 1.88 bits per heavy atom. The van der Waals surface area contributed by atoms with Crippen LogP contribution in [-0.4, -0.2) is 38.1 Å². The zero-order valence-electron chi connectivity index (χ0n) is 13.5. The lowest BCUT2D eigenvalue weighted by Crippen LogP contribution is -2.30. The third kappa shape index (κ3) is 2.96. The Bertz CT molecular complexity index is 978. The number of aromatic hydroxyl groups is 1. The zero-order valence-corrected chi connectivity index (χ0v) is 13.5. The molecule has 0 fully saturated rings. The van der Waals surface area contributed by atoms with Gasteiger partial charge in [0, 0.05) is 13.1 Å². The van der Waals surface area contributed by atoms with E-state index in [0.29, 0.717) is 25.0 Å². The molecule has 26 heavy (non-hydrogen) atoms. The molecule has 6 nitrogen and oxygen atoms in total. The molecule has 0 unspecified atom stereocenters. The number of anilines is 1. The van der Waals surface area contributed by atoms with Crippen molar-refractivity contribution >= 4 is 22.6 Å². The standard InChI is InChI=1S/C17H14F3N5O/c18-17(19,20)16-23-14-13(21-9-22-14)15(24-16)25-7-5-11(6-8-25)10-1-3-12(26)4-2-10/h1-5,9,26H,6-8H2,(H,21,22,23,24). The minimum atomic E-state index is -4.63. The summed E-state index contributed by atoms with van der Waals surface area (Å²) in [5.74, 6) is -0.810. The molecule has 0 atom stereocenters. The summed E-state index contributed by atoms with van der Waals surface area (Å²) in [6.07, 6.45) is -0.728. The van der Waals surface area contributed by atoms with Crippen LogP contribution in [0.4, 0.5) is 19.0 Å². The van der Waals surface area contributed by atoms with Gasteiger partial charge < -0.3 is 15.0 Å². The molecular weight excluding hydrogens is 347 g/mol. The lowest BCUT2D eigenvalue weighted by atomic mass is 9.99. The molecule has 3 heterocycles. The zero-order chi connectivity index (χ0) is 18.3. The van der Waals surface area contributed by atoms with Crippen molar-refractivity contribution in [2.75, 3.05) is 18.0 Å². The quantitative estimate of drug-likeness (QED) is 0.732. The van der Waals surface area contributed by atoms with E-state index < -0.39 is 12.0 Å². The molecule has 1 aliphatic rings. The van der Waals surface area contributed by atoms with Crippen LogP contribution in [0.15, 0.2) is 36.7 Å². The van der Waals surface area contributed by atoms with Crippen LogP contribution >= 0.6 is 0 Å². The summed E-state index contributed by atoms with van der Waals surface area (Å²) < 4.78 is 39.2. The summed E-state index contributed by atoms with van der Waals surface area (Å²) in [6.45, 7) is 0.924. The molecule has 2 aromatic heterocycles. The molecule has 3 aromatic rings. The fourth-order valence-corrected chi connectivity index (χ4v) is 2.97. The molecule has 2 N–H and O–H groups in total. The van der Waals surface area contributed by atoms with Crippen LogP contribution in [0.1, 0.15) is 17.8 Å². The van der Waals surface area contributed by atoms with E-state index in [1.54, 1.807) is 17.0 Å². The molecule has 0 aliphatic carbocycles. The van der Waals surface area contributed by atoms with Crippen molar-refractivity contribution in [3.8, 4) is 5.75 Å². The molecule has 1 aliphatic heterocycles. The van der Waals surface area contributed by atoms with Crippen LogP contribution in [0.25, 0.3) is 16.7 Å². The number of nitrogens with one attached hydrogen (secondary N) is 1. The molecule has 4 rings (SSSR count). The van der Waals surface area contributed by atoms with Gasteiger partial charge in [0.25, 0.3) is 0 Å². The fraction of sp³-hybridized carbons (Fsp3) is 0.235. The van der Waals surface area contributed by atoms with Gasteiger partial charge in [0.15, 0.2) is 11.5 Å². The summed E-state index contributed by atoms with van der Waals surface area (Å²) in [6, 6.07) is 6.85. The van der Waals surface area contributed by atoms with Gasteiger partial charge in [-0.1, -0.05) is 18.2 Å². The van der Waals surface area contributed by atoms with Crippen LogP contribution in [0.3, 0.4) is 0 Å². The molecule has 134 valence electrons. The highest BCUT2D eigenvalue weighted by Gasteiger charge is 2.36. The first-order valence-electron chi connectivity index (χ1n) is 7.93. The van der Waals surface area contributed by atoms with E-state index in [1.165, 1.54) is 6.33 Å². The number of hydrogen-bond donors (Lipinski definition) is 2. The first kappa shape index (κ1) is 16.4. The van der Waals surface area contributed by atoms with Gasteiger partial charge in [-0.25, -0.2) is 15.0 Å². The highest BCUT2D eigenvalue weighted by atomic mass is 19.4. The molecule has 1 aromatic carbocycles. The van der Waals surface area contributed by atoms with E-state index in [-0.39, 0.29) is 17.2 Å². The van der Waals surface area contributed by atoms with Gasteiger partial charge in [-0.2, -0.15) is 13.2 Å². The van der Waals surface area contributed by atoms with Crippen molar-refractivity contribution in [2.45, 2.75) is 12.6 Å². The van der Waals surface area contributed by atoms with Gasteiger partial charge in [-0.05, 0) is 29.7 Å². The number of aromatic amines is 1. The number of phenolic OH excluding ortho intramolecular Hbond substituents is 1. The van der Waals surface area contributed by atoms with Gasteiger partial charge in [-0.3, -0.25) is 0 Å². The summed E-state index contributed by atoms with van der Waals surface area (Å²) in [5, 5.41) is 9.37. The second-order valence-corrected chi connectivity index (χ2v) is 5.94. The smallest absolute Gasteiger partial charge is 0.451 e. The predicted molar refractivity (Wildman–Crippen MR) is 89.6 cm³/mol. The molecule has 9 heteroatoms. The number of rotatable bonds is 2. The molecule has 0 bridgehead atoms. The maximum Gasteiger partial charge on any atom is 0.451 e. The monoisotopic (exact) mass is 361 g/mol. The molecule has 0 saturated heterocycles. The highest BCUT2D eigenvalue weighted by Crippen LogP contribution is 2.32. The van der Waals surface area contributed by atoms with E-state index in [1.807, 2.05) is 18.2 Å². The van der Waals surface area contributed by atoms with Gasteiger partial charge in [0.05, 0.1) is 6.33 Å². The van der Waals surface area contributed by atoms with Crippen LogP contribution in [0.5, 0.6) is 5.75 Å². The van der Waals surface area contributed by atoms with E-state index in [0.717, 1.165) is 11.1 Å². The van der Waals surface area contributed by atoms with E-state index in [9.17, 15) is 18.3 Å². The van der Waals surface area contributed by atoms with Crippen LogP contribution in [0.2, 0.25) is 0 Å². The Morgan fingerprint density at radius 1 is 1.12 bits per heavy atom. The lowest BCUT2D eigenvalue weighted by Gasteiger charge is -2.28. The third-order valence-corrected chi connectivity index (χ3v) is 4.27. The Labute approximate surface area is 146 Å². The number of fused-ring (bicyclic) bond motifs is 1. The number of nitrogens with zero attached hydrogens (tertiary/aromatic N) is 4. The molecule has 0 saturated carbocycles. The van der Waals surface area contributed by atoms with Crippen molar-refractivity contribution in [1.82, 2.24) is 19.9 Å². The number of alkyl halides is 3. The van der Waals surface area contributed by atoms with Gasteiger partial charge in [0.2, 0.25) is 5.82 Å². The molecule has 0 spiro atoms. The van der Waals surface area contributed by atoms with E-state index in [4.69, 9.17) is 0 Å². The average molecular weight is 361 g/mol. The summed E-state index contributed by atoms with van der Waals surface area (Å²) in [7, 11) is 0. The lowest BCUT2D eigenvalue weighted by molar-refractivity contribution is -0.144. The Kier molecular flexibility index (Phi) is 3.78. The van der Waals surface area contributed by atoms with Crippen molar-refractivity contribution in [2.24, 2.45) is 0 Å². The molecule has 0 radical (unpaired) electrons. The van der Waals surface area contributed by atoms with Crippen molar-refractivity contribution in [3.05, 3.63) is 48.1 Å². The topological polar surface area (TPSA) is 77.9 Å². The minimum absolute atomic E-state index is 0.00404. The van der Waals surface area contributed by atoms with Gasteiger partial charge >= 0.3 is 6.18 Å². The summed E-state index contributed by atoms with van der Waals surface area (Å²) in [4.78, 5) is 15.7. The van der Waals surface area contributed by atoms with Crippen molar-refractivity contribution in [3.63, 3.8) is 0 Å². The fourth-order valence-electron chi connectivity index (χ4n) is 2.97. The van der Waals surface area contributed by atoms with E-state index in [2.05, 4.69) is 19.9 Å². The number of phenols is 1. The second-order valence-electron chi connectivity index (χ2n) is 5.94. The van der Waals surface area contributed by atoms with Crippen molar-refractivity contribution < 1.29 is 18.3 Å². The summed E-state index contributed by atoms with van der Waals surface area (Å²) in [5.41, 5.74) is 2.44. The number of hydrogen-bond acceptors (Lipinski definition) is 5.